The fourth-order valence-electron chi connectivity index (χ4n) is 2.50. The summed E-state index contributed by atoms with van der Waals surface area (Å²) in [5.74, 6) is 1.87. The van der Waals surface area contributed by atoms with Crippen LogP contribution in [0.5, 0.6) is 5.75 Å². The summed E-state index contributed by atoms with van der Waals surface area (Å²) in [5, 5.41) is 6.31. The van der Waals surface area contributed by atoms with E-state index < -0.39 is 0 Å². The van der Waals surface area contributed by atoms with Gasteiger partial charge < -0.3 is 20.3 Å². The Balaban J connectivity index is 0.00000338. The Morgan fingerprint density at radius 2 is 2.00 bits per heavy atom. The molecule has 1 amide bonds. The molecule has 1 aliphatic rings. The maximum Gasteiger partial charge on any atom is 0.220 e. The number of hydrogen-bond donors (Lipinski definition) is 2. The first-order valence-corrected chi connectivity index (χ1v) is 9.04. The van der Waals surface area contributed by atoms with E-state index in [9.17, 15) is 4.79 Å². The van der Waals surface area contributed by atoms with Gasteiger partial charge in [0.15, 0.2) is 5.96 Å². The van der Waals surface area contributed by atoms with E-state index in [1.807, 2.05) is 19.2 Å². The summed E-state index contributed by atoms with van der Waals surface area (Å²) < 4.78 is 5.19. The Bertz CT molecular complexity index is 573. The summed E-state index contributed by atoms with van der Waals surface area (Å²) in [6, 6.07) is 8.48. The monoisotopic (exact) mass is 474 g/mol. The van der Waals surface area contributed by atoms with Crippen LogP contribution in [-0.4, -0.2) is 50.1 Å². The molecule has 7 heteroatoms. The van der Waals surface area contributed by atoms with Crippen LogP contribution in [0.2, 0.25) is 0 Å². The van der Waals surface area contributed by atoms with Gasteiger partial charge in [-0.05, 0) is 43.9 Å². The minimum Gasteiger partial charge on any atom is -0.497 e. The number of hydrogen-bond acceptors (Lipinski definition) is 3. The van der Waals surface area contributed by atoms with Gasteiger partial charge in [0.1, 0.15) is 5.75 Å². The zero-order chi connectivity index (χ0) is 18.1. The molecule has 2 N–H and O–H groups in total. The van der Waals surface area contributed by atoms with E-state index in [2.05, 4.69) is 39.6 Å². The van der Waals surface area contributed by atoms with Crippen molar-refractivity contribution in [3.8, 4) is 5.75 Å². The van der Waals surface area contributed by atoms with Crippen molar-refractivity contribution >= 4 is 35.8 Å². The zero-order valence-electron chi connectivity index (χ0n) is 16.0. The molecule has 2 rings (SSSR count). The predicted molar refractivity (Wildman–Crippen MR) is 116 cm³/mol. The molecule has 26 heavy (non-hydrogen) atoms. The Hall–Kier alpha value is -1.51. The second kappa shape index (κ2) is 12.0. The SMILES string of the molecule is CCNC(=NCCCC(=O)NC1CC1)N(C)Cc1ccc(OC)cc1.I. The van der Waals surface area contributed by atoms with E-state index in [1.165, 1.54) is 5.56 Å². The third-order valence-corrected chi connectivity index (χ3v) is 4.04. The number of guanidine groups is 1. The molecule has 0 unspecified atom stereocenters. The summed E-state index contributed by atoms with van der Waals surface area (Å²) in [7, 11) is 3.69. The van der Waals surface area contributed by atoms with E-state index in [4.69, 9.17) is 4.74 Å². The number of carbonyl (C=O) groups is 1. The fourth-order valence-corrected chi connectivity index (χ4v) is 2.50. The average molecular weight is 474 g/mol. The van der Waals surface area contributed by atoms with E-state index in [1.54, 1.807) is 7.11 Å². The summed E-state index contributed by atoms with van der Waals surface area (Å²) in [6.07, 6.45) is 3.57. The number of halogens is 1. The van der Waals surface area contributed by atoms with Gasteiger partial charge in [-0.1, -0.05) is 12.1 Å². The highest BCUT2D eigenvalue weighted by molar-refractivity contribution is 14.0. The Morgan fingerprint density at radius 3 is 2.58 bits per heavy atom. The fraction of sp³-hybridized carbons (Fsp3) is 0.579. The van der Waals surface area contributed by atoms with Gasteiger partial charge in [-0.3, -0.25) is 9.79 Å². The summed E-state index contributed by atoms with van der Waals surface area (Å²) in [6.45, 7) is 4.28. The highest BCUT2D eigenvalue weighted by Crippen LogP contribution is 2.18. The van der Waals surface area contributed by atoms with E-state index in [-0.39, 0.29) is 29.9 Å². The molecule has 0 bridgehead atoms. The van der Waals surface area contributed by atoms with Gasteiger partial charge >= 0.3 is 0 Å². The van der Waals surface area contributed by atoms with Gasteiger partial charge in [0.2, 0.25) is 5.91 Å². The van der Waals surface area contributed by atoms with Crippen molar-refractivity contribution in [3.05, 3.63) is 29.8 Å². The lowest BCUT2D eigenvalue weighted by Gasteiger charge is -2.22. The molecule has 1 aromatic carbocycles. The molecule has 1 aliphatic carbocycles. The lowest BCUT2D eigenvalue weighted by Crippen LogP contribution is -2.38. The van der Waals surface area contributed by atoms with Crippen molar-refractivity contribution in [1.82, 2.24) is 15.5 Å². The van der Waals surface area contributed by atoms with Gasteiger partial charge in [-0.25, -0.2) is 0 Å². The number of rotatable bonds is 9. The topological polar surface area (TPSA) is 66.0 Å². The van der Waals surface area contributed by atoms with Gasteiger partial charge in [-0.2, -0.15) is 0 Å². The number of methoxy groups -OCH3 is 1. The maximum absolute atomic E-state index is 11.7. The van der Waals surface area contributed by atoms with Crippen LogP contribution in [0.25, 0.3) is 0 Å². The van der Waals surface area contributed by atoms with E-state index in [0.717, 1.165) is 44.1 Å². The standard InChI is InChI=1S/C19H30N4O2.HI/c1-4-20-19(21-13-5-6-18(24)22-16-9-10-16)23(2)14-15-7-11-17(25-3)12-8-15;/h7-8,11-12,16H,4-6,9-10,13-14H2,1-3H3,(H,20,21)(H,22,24);1H. The minimum absolute atomic E-state index is 0. The lowest BCUT2D eigenvalue weighted by molar-refractivity contribution is -0.121. The molecule has 1 saturated carbocycles. The Morgan fingerprint density at radius 1 is 1.31 bits per heavy atom. The molecule has 0 radical (unpaired) electrons. The number of amides is 1. The van der Waals surface area contributed by atoms with Crippen LogP contribution in [0.1, 0.15) is 38.2 Å². The van der Waals surface area contributed by atoms with Crippen LogP contribution in [0.3, 0.4) is 0 Å². The number of aliphatic imine (C=N–C) groups is 1. The van der Waals surface area contributed by atoms with Crippen LogP contribution in [-0.2, 0) is 11.3 Å². The van der Waals surface area contributed by atoms with Gasteiger partial charge in [0, 0.05) is 39.1 Å². The molecule has 0 spiro atoms. The number of benzene rings is 1. The van der Waals surface area contributed by atoms with Gasteiger partial charge in [-0.15, -0.1) is 24.0 Å². The molecular weight excluding hydrogens is 443 g/mol. The number of nitrogens with zero attached hydrogens (tertiary/aromatic N) is 2. The molecule has 146 valence electrons. The maximum atomic E-state index is 11.7. The highest BCUT2D eigenvalue weighted by Gasteiger charge is 2.22. The number of carbonyl (C=O) groups excluding carboxylic acids is 1. The molecule has 1 fully saturated rings. The lowest BCUT2D eigenvalue weighted by atomic mass is 10.2. The molecule has 0 aliphatic heterocycles. The first-order chi connectivity index (χ1) is 12.1. The van der Waals surface area contributed by atoms with Crippen molar-refractivity contribution in [2.24, 2.45) is 4.99 Å². The summed E-state index contributed by atoms with van der Waals surface area (Å²) in [5.41, 5.74) is 1.19. The number of ether oxygens (including phenoxy) is 1. The molecule has 0 atom stereocenters. The van der Waals surface area contributed by atoms with Crippen molar-refractivity contribution in [2.75, 3.05) is 27.2 Å². The summed E-state index contributed by atoms with van der Waals surface area (Å²) in [4.78, 5) is 18.4. The van der Waals surface area contributed by atoms with Gasteiger partial charge in [0.25, 0.3) is 0 Å². The molecular formula is C19H31IN4O2. The minimum atomic E-state index is 0. The first-order valence-electron chi connectivity index (χ1n) is 9.04. The van der Waals surface area contributed by atoms with Crippen molar-refractivity contribution in [2.45, 2.75) is 45.2 Å². The van der Waals surface area contributed by atoms with Crippen LogP contribution in [0, 0.1) is 0 Å². The largest absolute Gasteiger partial charge is 0.497 e. The molecule has 0 saturated heterocycles. The number of nitrogens with one attached hydrogen (secondary N) is 2. The van der Waals surface area contributed by atoms with Crippen LogP contribution < -0.4 is 15.4 Å². The molecule has 1 aromatic rings. The third kappa shape index (κ3) is 8.25. The zero-order valence-corrected chi connectivity index (χ0v) is 18.3. The van der Waals surface area contributed by atoms with Crippen molar-refractivity contribution in [1.29, 1.82) is 0 Å². The Labute approximate surface area is 173 Å². The smallest absolute Gasteiger partial charge is 0.220 e. The van der Waals surface area contributed by atoms with Crippen LogP contribution >= 0.6 is 24.0 Å². The second-order valence-corrected chi connectivity index (χ2v) is 6.39. The average Bonchev–Trinajstić information content (AvgIpc) is 3.42. The third-order valence-electron chi connectivity index (χ3n) is 4.04. The highest BCUT2D eigenvalue weighted by atomic mass is 127. The Kier molecular flexibility index (Phi) is 10.4. The van der Waals surface area contributed by atoms with Crippen molar-refractivity contribution < 1.29 is 9.53 Å². The normalized spacial score (nSPS) is 13.6. The van der Waals surface area contributed by atoms with Crippen molar-refractivity contribution in [3.63, 3.8) is 0 Å². The predicted octanol–water partition coefficient (Wildman–Crippen LogP) is 2.77. The molecule has 0 heterocycles. The molecule has 0 aromatic heterocycles. The van der Waals surface area contributed by atoms with Crippen LogP contribution in [0.4, 0.5) is 0 Å². The second-order valence-electron chi connectivity index (χ2n) is 6.39. The van der Waals surface area contributed by atoms with E-state index in [0.29, 0.717) is 19.0 Å². The summed E-state index contributed by atoms with van der Waals surface area (Å²) >= 11 is 0. The van der Waals surface area contributed by atoms with Crippen LogP contribution in [0.15, 0.2) is 29.3 Å². The van der Waals surface area contributed by atoms with E-state index >= 15 is 0 Å². The molecule has 6 nitrogen and oxygen atoms in total. The van der Waals surface area contributed by atoms with Gasteiger partial charge in [0.05, 0.1) is 7.11 Å². The quantitative estimate of drug-likeness (QED) is 0.250. The first kappa shape index (κ1) is 22.5.